The molecule has 0 heterocycles. The van der Waals surface area contributed by atoms with E-state index in [-0.39, 0.29) is 10.4 Å². The number of nitrogen functional groups attached to an aromatic ring is 1. The van der Waals surface area contributed by atoms with E-state index in [1.165, 1.54) is 12.1 Å². The highest BCUT2D eigenvalue weighted by Crippen LogP contribution is 2.39. The minimum atomic E-state index is -3.45. The van der Waals surface area contributed by atoms with E-state index >= 15 is 0 Å². The summed E-state index contributed by atoms with van der Waals surface area (Å²) in [6.07, 6.45) is 2.19. The molecular formula is C12H18N2O2S. The second-order valence-electron chi connectivity index (χ2n) is 5.17. The van der Waals surface area contributed by atoms with Crippen LogP contribution in [0.15, 0.2) is 29.2 Å². The Bertz CT molecular complexity index is 502. The molecule has 0 amide bonds. The summed E-state index contributed by atoms with van der Waals surface area (Å²) in [5.74, 6) is 0.450. The SMILES string of the molecule is CC(C)(NS(=O)(=O)c1ccc(N)cc1)C1CC1. The van der Waals surface area contributed by atoms with E-state index in [1.54, 1.807) is 12.1 Å². The Balaban J connectivity index is 2.21. The topological polar surface area (TPSA) is 72.2 Å². The molecule has 0 saturated heterocycles. The maximum atomic E-state index is 12.1. The highest BCUT2D eigenvalue weighted by Gasteiger charge is 2.40. The molecule has 1 aromatic carbocycles. The molecule has 0 aromatic heterocycles. The van der Waals surface area contributed by atoms with Crippen LogP contribution >= 0.6 is 0 Å². The van der Waals surface area contributed by atoms with Crippen molar-refractivity contribution in [3.8, 4) is 0 Å². The first-order chi connectivity index (χ1) is 7.81. The number of hydrogen-bond acceptors (Lipinski definition) is 3. The van der Waals surface area contributed by atoms with Gasteiger partial charge in [-0.1, -0.05) is 0 Å². The van der Waals surface area contributed by atoms with Crippen molar-refractivity contribution in [3.63, 3.8) is 0 Å². The fraction of sp³-hybridized carbons (Fsp3) is 0.500. The molecule has 2 rings (SSSR count). The van der Waals surface area contributed by atoms with Crippen molar-refractivity contribution in [1.29, 1.82) is 0 Å². The van der Waals surface area contributed by atoms with Gasteiger partial charge in [0.05, 0.1) is 4.90 Å². The smallest absolute Gasteiger partial charge is 0.241 e. The summed E-state index contributed by atoms with van der Waals surface area (Å²) in [5.41, 5.74) is 5.73. The lowest BCUT2D eigenvalue weighted by Gasteiger charge is -2.25. The van der Waals surface area contributed by atoms with Gasteiger partial charge in [0.1, 0.15) is 0 Å². The van der Waals surface area contributed by atoms with Crippen LogP contribution in [-0.2, 0) is 10.0 Å². The van der Waals surface area contributed by atoms with Crippen molar-refractivity contribution >= 4 is 15.7 Å². The van der Waals surface area contributed by atoms with Crippen molar-refractivity contribution in [2.75, 3.05) is 5.73 Å². The first-order valence-corrected chi connectivity index (χ1v) is 7.19. The summed E-state index contributed by atoms with van der Waals surface area (Å²) >= 11 is 0. The number of hydrogen-bond donors (Lipinski definition) is 2. The van der Waals surface area contributed by atoms with Gasteiger partial charge in [-0.15, -0.1) is 0 Å². The third-order valence-electron chi connectivity index (χ3n) is 3.19. The standard InChI is InChI=1S/C12H18N2O2S/c1-12(2,9-3-4-9)14-17(15,16)11-7-5-10(13)6-8-11/h5-9,14H,3-4,13H2,1-2H3. The van der Waals surface area contributed by atoms with Gasteiger partial charge in [0, 0.05) is 11.2 Å². The zero-order chi connectivity index (χ0) is 12.7. The third-order valence-corrected chi connectivity index (χ3v) is 4.87. The third kappa shape index (κ3) is 2.79. The summed E-state index contributed by atoms with van der Waals surface area (Å²) in [5, 5.41) is 0. The summed E-state index contributed by atoms with van der Waals surface area (Å²) in [6.45, 7) is 3.86. The molecular weight excluding hydrogens is 236 g/mol. The maximum Gasteiger partial charge on any atom is 0.241 e. The molecule has 0 bridgehead atoms. The largest absolute Gasteiger partial charge is 0.399 e. The van der Waals surface area contributed by atoms with Gasteiger partial charge in [0.2, 0.25) is 10.0 Å². The van der Waals surface area contributed by atoms with E-state index in [0.717, 1.165) is 12.8 Å². The lowest BCUT2D eigenvalue weighted by atomic mass is 10.0. The second kappa shape index (κ2) is 3.99. The van der Waals surface area contributed by atoms with Gasteiger partial charge in [-0.2, -0.15) is 0 Å². The lowest BCUT2D eigenvalue weighted by Crippen LogP contribution is -2.45. The molecule has 1 saturated carbocycles. The second-order valence-corrected chi connectivity index (χ2v) is 6.85. The van der Waals surface area contributed by atoms with Gasteiger partial charge >= 0.3 is 0 Å². The monoisotopic (exact) mass is 254 g/mol. The molecule has 1 fully saturated rings. The Hall–Kier alpha value is -1.07. The Morgan fingerprint density at radius 3 is 2.24 bits per heavy atom. The van der Waals surface area contributed by atoms with Crippen LogP contribution in [0.4, 0.5) is 5.69 Å². The van der Waals surface area contributed by atoms with Crippen LogP contribution in [0.2, 0.25) is 0 Å². The van der Waals surface area contributed by atoms with Crippen molar-refractivity contribution in [3.05, 3.63) is 24.3 Å². The van der Waals surface area contributed by atoms with Gasteiger partial charge < -0.3 is 5.73 Å². The molecule has 5 heteroatoms. The fourth-order valence-corrected chi connectivity index (χ4v) is 3.41. The average molecular weight is 254 g/mol. The van der Waals surface area contributed by atoms with E-state index in [4.69, 9.17) is 5.73 Å². The van der Waals surface area contributed by atoms with E-state index < -0.39 is 10.0 Å². The molecule has 0 spiro atoms. The Kier molecular flexibility index (Phi) is 2.91. The van der Waals surface area contributed by atoms with E-state index in [0.29, 0.717) is 11.6 Å². The van der Waals surface area contributed by atoms with Crippen LogP contribution in [0.3, 0.4) is 0 Å². The Morgan fingerprint density at radius 2 is 1.76 bits per heavy atom. The molecule has 1 aliphatic rings. The van der Waals surface area contributed by atoms with Crippen molar-refractivity contribution < 1.29 is 8.42 Å². The van der Waals surface area contributed by atoms with Crippen molar-refractivity contribution in [1.82, 2.24) is 4.72 Å². The summed E-state index contributed by atoms with van der Waals surface area (Å²) in [6, 6.07) is 6.25. The minimum Gasteiger partial charge on any atom is -0.399 e. The number of anilines is 1. The van der Waals surface area contributed by atoms with E-state index in [2.05, 4.69) is 4.72 Å². The van der Waals surface area contributed by atoms with Crippen LogP contribution < -0.4 is 10.5 Å². The first kappa shape index (κ1) is 12.4. The molecule has 4 nitrogen and oxygen atoms in total. The summed E-state index contributed by atoms with van der Waals surface area (Å²) in [7, 11) is -3.45. The maximum absolute atomic E-state index is 12.1. The van der Waals surface area contributed by atoms with Crippen LogP contribution in [0.25, 0.3) is 0 Å². The van der Waals surface area contributed by atoms with E-state index in [1.807, 2.05) is 13.8 Å². The van der Waals surface area contributed by atoms with Gasteiger partial charge in [-0.05, 0) is 56.9 Å². The van der Waals surface area contributed by atoms with Crippen LogP contribution in [0, 0.1) is 5.92 Å². The molecule has 0 unspecified atom stereocenters. The van der Waals surface area contributed by atoms with Crippen LogP contribution in [0.5, 0.6) is 0 Å². The van der Waals surface area contributed by atoms with Crippen molar-refractivity contribution in [2.24, 2.45) is 5.92 Å². The zero-order valence-electron chi connectivity index (χ0n) is 10.1. The molecule has 1 aliphatic carbocycles. The van der Waals surface area contributed by atoms with Gasteiger partial charge in [-0.3, -0.25) is 0 Å². The first-order valence-electron chi connectivity index (χ1n) is 5.71. The number of rotatable bonds is 4. The van der Waals surface area contributed by atoms with Crippen molar-refractivity contribution in [2.45, 2.75) is 37.1 Å². The molecule has 17 heavy (non-hydrogen) atoms. The van der Waals surface area contributed by atoms with Crippen LogP contribution in [0.1, 0.15) is 26.7 Å². The Labute approximate surface area is 102 Å². The molecule has 94 valence electrons. The number of nitrogens with two attached hydrogens (primary N) is 1. The lowest BCUT2D eigenvalue weighted by molar-refractivity contribution is 0.400. The molecule has 0 aliphatic heterocycles. The zero-order valence-corrected chi connectivity index (χ0v) is 10.9. The predicted octanol–water partition coefficient (Wildman–Crippen LogP) is 1.74. The number of sulfonamides is 1. The van der Waals surface area contributed by atoms with Crippen LogP contribution in [-0.4, -0.2) is 14.0 Å². The van der Waals surface area contributed by atoms with Gasteiger partial charge in [0.15, 0.2) is 0 Å². The Morgan fingerprint density at radius 1 is 1.24 bits per heavy atom. The normalized spacial score (nSPS) is 17.1. The highest BCUT2D eigenvalue weighted by atomic mass is 32.2. The fourth-order valence-electron chi connectivity index (χ4n) is 1.94. The highest BCUT2D eigenvalue weighted by molar-refractivity contribution is 7.89. The van der Waals surface area contributed by atoms with Gasteiger partial charge in [0.25, 0.3) is 0 Å². The molecule has 3 N–H and O–H groups in total. The minimum absolute atomic E-state index is 0.264. The average Bonchev–Trinajstić information content (AvgIpc) is 2.99. The summed E-state index contributed by atoms with van der Waals surface area (Å²) < 4.78 is 27.0. The predicted molar refractivity (Wildman–Crippen MR) is 68.0 cm³/mol. The molecule has 0 atom stereocenters. The molecule has 1 aromatic rings. The number of nitrogens with one attached hydrogen (secondary N) is 1. The summed E-state index contributed by atoms with van der Waals surface area (Å²) in [4.78, 5) is 0.264. The van der Waals surface area contributed by atoms with Gasteiger partial charge in [-0.25, -0.2) is 13.1 Å². The quantitative estimate of drug-likeness (QED) is 0.804. The number of benzene rings is 1. The van der Waals surface area contributed by atoms with E-state index in [9.17, 15) is 8.42 Å². The molecule has 0 radical (unpaired) electrons.